The van der Waals surface area contributed by atoms with Gasteiger partial charge in [-0.3, -0.25) is 4.90 Å². The van der Waals surface area contributed by atoms with Crippen molar-refractivity contribution in [1.29, 1.82) is 0 Å². The van der Waals surface area contributed by atoms with Crippen molar-refractivity contribution in [2.24, 2.45) is 5.11 Å². The predicted octanol–water partition coefficient (Wildman–Crippen LogP) is 0.687. The Balaban J connectivity index is 2.16. The SMILES string of the molecule is [N-]=[N+]=NCCCN1CCCN(CCO)CC1. The number of hydrogen-bond donors (Lipinski definition) is 1. The lowest BCUT2D eigenvalue weighted by Gasteiger charge is -2.20. The van der Waals surface area contributed by atoms with E-state index in [0.717, 1.165) is 52.1 Å². The molecule has 1 heterocycles. The molecule has 1 aliphatic heterocycles. The third kappa shape index (κ3) is 5.32. The summed E-state index contributed by atoms with van der Waals surface area (Å²) in [4.78, 5) is 7.45. The fourth-order valence-corrected chi connectivity index (χ4v) is 2.02. The summed E-state index contributed by atoms with van der Waals surface area (Å²) in [5.41, 5.74) is 8.16. The van der Waals surface area contributed by atoms with Gasteiger partial charge in [0.1, 0.15) is 0 Å². The van der Waals surface area contributed by atoms with Crippen molar-refractivity contribution in [2.45, 2.75) is 12.8 Å². The maximum absolute atomic E-state index is 8.87. The van der Waals surface area contributed by atoms with Crippen LogP contribution in [0.3, 0.4) is 0 Å². The maximum atomic E-state index is 8.87. The summed E-state index contributed by atoms with van der Waals surface area (Å²) in [7, 11) is 0. The Morgan fingerprint density at radius 2 is 1.81 bits per heavy atom. The first-order valence-corrected chi connectivity index (χ1v) is 5.93. The van der Waals surface area contributed by atoms with Crippen molar-refractivity contribution < 1.29 is 5.11 Å². The van der Waals surface area contributed by atoms with Gasteiger partial charge in [0.15, 0.2) is 0 Å². The Bertz CT molecular complexity index is 229. The molecule has 92 valence electrons. The summed E-state index contributed by atoms with van der Waals surface area (Å²) in [5.74, 6) is 0. The first kappa shape index (κ1) is 13.3. The van der Waals surface area contributed by atoms with E-state index < -0.39 is 0 Å². The van der Waals surface area contributed by atoms with Crippen LogP contribution in [0.5, 0.6) is 0 Å². The molecule has 1 rings (SSSR count). The summed E-state index contributed by atoms with van der Waals surface area (Å²) in [6.45, 7) is 6.90. The largest absolute Gasteiger partial charge is 0.395 e. The fourth-order valence-electron chi connectivity index (χ4n) is 2.02. The zero-order valence-electron chi connectivity index (χ0n) is 9.75. The van der Waals surface area contributed by atoms with Crippen LogP contribution < -0.4 is 0 Å². The molecule has 0 spiro atoms. The Morgan fingerprint density at radius 1 is 1.12 bits per heavy atom. The number of aliphatic hydroxyl groups excluding tert-OH is 1. The summed E-state index contributed by atoms with van der Waals surface area (Å²) in [6.07, 6.45) is 2.09. The second kappa shape index (κ2) is 8.35. The molecular formula is C10H21N5O. The van der Waals surface area contributed by atoms with Crippen LogP contribution in [0.25, 0.3) is 10.4 Å². The van der Waals surface area contributed by atoms with Crippen LogP contribution in [0.4, 0.5) is 0 Å². The van der Waals surface area contributed by atoms with E-state index in [0.29, 0.717) is 6.54 Å². The lowest BCUT2D eigenvalue weighted by molar-refractivity contribution is 0.196. The van der Waals surface area contributed by atoms with Gasteiger partial charge in [-0.25, -0.2) is 0 Å². The molecule has 0 amide bonds. The number of nitrogens with zero attached hydrogens (tertiary/aromatic N) is 5. The molecule has 0 unspecified atom stereocenters. The Hall–Kier alpha value is -0.810. The molecule has 0 bridgehead atoms. The summed E-state index contributed by atoms with van der Waals surface area (Å²) < 4.78 is 0. The van der Waals surface area contributed by atoms with Crippen molar-refractivity contribution in [3.63, 3.8) is 0 Å². The van der Waals surface area contributed by atoms with Crippen LogP contribution in [0.15, 0.2) is 5.11 Å². The smallest absolute Gasteiger partial charge is 0.0558 e. The molecule has 0 aromatic heterocycles. The average molecular weight is 227 g/mol. The Kier molecular flexibility index (Phi) is 6.92. The Labute approximate surface area is 96.5 Å². The van der Waals surface area contributed by atoms with E-state index >= 15 is 0 Å². The van der Waals surface area contributed by atoms with Crippen LogP contribution in [0, 0.1) is 0 Å². The highest BCUT2D eigenvalue weighted by Crippen LogP contribution is 2.03. The lowest BCUT2D eigenvalue weighted by atomic mass is 10.3. The van der Waals surface area contributed by atoms with Gasteiger partial charge in [-0.2, -0.15) is 0 Å². The highest BCUT2D eigenvalue weighted by Gasteiger charge is 2.13. The molecule has 1 aliphatic rings. The fraction of sp³-hybridized carbons (Fsp3) is 1.00. The normalized spacial score (nSPS) is 19.1. The van der Waals surface area contributed by atoms with Gasteiger partial charge in [-0.05, 0) is 38.0 Å². The number of aliphatic hydroxyl groups is 1. The standard InChI is InChI=1S/C10H21N5O/c11-13-12-3-1-4-14-5-2-6-15(8-7-14)9-10-16/h16H,1-10H2. The summed E-state index contributed by atoms with van der Waals surface area (Å²) in [5, 5.41) is 12.4. The first-order valence-electron chi connectivity index (χ1n) is 5.93. The molecule has 6 nitrogen and oxygen atoms in total. The molecular weight excluding hydrogens is 206 g/mol. The number of hydrogen-bond acceptors (Lipinski definition) is 4. The van der Waals surface area contributed by atoms with Gasteiger partial charge in [0.25, 0.3) is 0 Å². The van der Waals surface area contributed by atoms with E-state index in [2.05, 4.69) is 19.8 Å². The Morgan fingerprint density at radius 3 is 2.44 bits per heavy atom. The molecule has 0 saturated carbocycles. The van der Waals surface area contributed by atoms with Gasteiger partial charge in [0, 0.05) is 31.1 Å². The molecule has 0 aromatic rings. The van der Waals surface area contributed by atoms with Crippen molar-refractivity contribution in [1.82, 2.24) is 9.80 Å². The van der Waals surface area contributed by atoms with Gasteiger partial charge in [0.05, 0.1) is 6.61 Å². The predicted molar refractivity (Wildman–Crippen MR) is 63.2 cm³/mol. The van der Waals surface area contributed by atoms with Gasteiger partial charge in [-0.15, -0.1) is 0 Å². The lowest BCUT2D eigenvalue weighted by Crippen LogP contribution is -2.33. The average Bonchev–Trinajstić information content (AvgIpc) is 2.51. The van der Waals surface area contributed by atoms with Crippen LogP contribution in [0.2, 0.25) is 0 Å². The van der Waals surface area contributed by atoms with Gasteiger partial charge < -0.3 is 10.0 Å². The maximum Gasteiger partial charge on any atom is 0.0558 e. The molecule has 0 atom stereocenters. The minimum Gasteiger partial charge on any atom is -0.395 e. The minimum atomic E-state index is 0.247. The highest BCUT2D eigenvalue weighted by atomic mass is 16.3. The number of rotatable bonds is 6. The molecule has 1 N–H and O–H groups in total. The van der Waals surface area contributed by atoms with Crippen molar-refractivity contribution in [3.8, 4) is 0 Å². The van der Waals surface area contributed by atoms with Crippen LogP contribution >= 0.6 is 0 Å². The third-order valence-electron chi connectivity index (χ3n) is 2.89. The molecule has 1 fully saturated rings. The number of azide groups is 1. The molecule has 6 heteroatoms. The summed E-state index contributed by atoms with van der Waals surface area (Å²) >= 11 is 0. The minimum absolute atomic E-state index is 0.247. The second-order valence-electron chi connectivity index (χ2n) is 4.07. The zero-order chi connectivity index (χ0) is 11.6. The quantitative estimate of drug-likeness (QED) is 0.314. The van der Waals surface area contributed by atoms with E-state index in [9.17, 15) is 0 Å². The molecule has 0 radical (unpaired) electrons. The van der Waals surface area contributed by atoms with E-state index in [1.54, 1.807) is 0 Å². The van der Waals surface area contributed by atoms with Crippen LogP contribution in [-0.2, 0) is 0 Å². The number of β-amino-alcohol motifs (C(OH)–C–C–N with tert-alkyl or cyclic N) is 1. The van der Waals surface area contributed by atoms with Crippen molar-refractivity contribution in [2.75, 3.05) is 52.4 Å². The van der Waals surface area contributed by atoms with Crippen LogP contribution in [-0.4, -0.2) is 67.3 Å². The van der Waals surface area contributed by atoms with Gasteiger partial charge >= 0.3 is 0 Å². The topological polar surface area (TPSA) is 75.5 Å². The molecule has 0 aromatic carbocycles. The molecule has 16 heavy (non-hydrogen) atoms. The van der Waals surface area contributed by atoms with Crippen molar-refractivity contribution in [3.05, 3.63) is 10.4 Å². The monoisotopic (exact) mass is 227 g/mol. The van der Waals surface area contributed by atoms with Gasteiger partial charge in [-0.1, -0.05) is 5.11 Å². The van der Waals surface area contributed by atoms with E-state index in [1.165, 1.54) is 0 Å². The zero-order valence-corrected chi connectivity index (χ0v) is 9.75. The molecule has 1 saturated heterocycles. The van der Waals surface area contributed by atoms with E-state index in [-0.39, 0.29) is 6.61 Å². The van der Waals surface area contributed by atoms with Crippen molar-refractivity contribution >= 4 is 0 Å². The molecule has 0 aliphatic carbocycles. The van der Waals surface area contributed by atoms with E-state index in [4.69, 9.17) is 10.6 Å². The van der Waals surface area contributed by atoms with E-state index in [1.807, 2.05) is 0 Å². The van der Waals surface area contributed by atoms with Gasteiger partial charge in [0.2, 0.25) is 0 Å². The highest BCUT2D eigenvalue weighted by molar-refractivity contribution is 4.69. The first-order chi connectivity index (χ1) is 7.86. The summed E-state index contributed by atoms with van der Waals surface area (Å²) in [6, 6.07) is 0. The second-order valence-corrected chi connectivity index (χ2v) is 4.07. The third-order valence-corrected chi connectivity index (χ3v) is 2.89. The van der Waals surface area contributed by atoms with Crippen LogP contribution in [0.1, 0.15) is 12.8 Å².